The number of nitrogens with zero attached hydrogens (tertiary/aromatic N) is 1. The lowest BCUT2D eigenvalue weighted by molar-refractivity contribution is 0.0787. The Kier molecular flexibility index (Phi) is 4.62. The molecule has 2 heterocycles. The number of aromatic amines is 1. The minimum Gasteiger partial charge on any atom is -0.356 e. The lowest BCUT2D eigenvalue weighted by atomic mass is 10.3. The van der Waals surface area contributed by atoms with Crippen molar-refractivity contribution in [3.63, 3.8) is 0 Å². The van der Waals surface area contributed by atoms with Gasteiger partial charge in [0.05, 0.1) is 5.69 Å². The van der Waals surface area contributed by atoms with Crippen molar-refractivity contribution < 1.29 is 13.2 Å². The van der Waals surface area contributed by atoms with E-state index in [2.05, 4.69) is 32.3 Å². The number of amides is 1. The summed E-state index contributed by atoms with van der Waals surface area (Å²) in [7, 11) is -3.73. The monoisotopic (exact) mass is 445 g/mol. The number of carbonyl (C=O) groups excluding carboxylic acids is 1. The zero-order valence-corrected chi connectivity index (χ0v) is 15.2. The van der Waals surface area contributed by atoms with Crippen molar-refractivity contribution in [2.75, 3.05) is 17.8 Å². The second-order valence-corrected chi connectivity index (χ2v) is 8.18. The number of halogens is 1. The molecule has 3 rings (SSSR count). The molecular formula is C15H16IN3O3S. The van der Waals surface area contributed by atoms with E-state index in [9.17, 15) is 13.2 Å². The molecule has 8 heteroatoms. The van der Waals surface area contributed by atoms with Gasteiger partial charge in [-0.25, -0.2) is 8.42 Å². The number of benzene rings is 1. The Labute approximate surface area is 148 Å². The van der Waals surface area contributed by atoms with Crippen LogP contribution in [0.25, 0.3) is 0 Å². The van der Waals surface area contributed by atoms with Crippen LogP contribution in [0.15, 0.2) is 41.4 Å². The topological polar surface area (TPSA) is 82.3 Å². The van der Waals surface area contributed by atoms with Crippen LogP contribution in [0.2, 0.25) is 0 Å². The number of anilines is 1. The Morgan fingerprint density at radius 1 is 1.22 bits per heavy atom. The Morgan fingerprint density at radius 3 is 2.61 bits per heavy atom. The molecule has 0 atom stereocenters. The summed E-state index contributed by atoms with van der Waals surface area (Å²) in [6, 6.07) is 8.50. The average molecular weight is 445 g/mol. The Morgan fingerprint density at radius 2 is 1.91 bits per heavy atom. The summed E-state index contributed by atoms with van der Waals surface area (Å²) in [6.07, 6.45) is 3.33. The molecule has 0 bridgehead atoms. The van der Waals surface area contributed by atoms with Gasteiger partial charge in [-0.05, 0) is 53.6 Å². The molecule has 1 fully saturated rings. The Balaban J connectivity index is 1.81. The zero-order valence-electron chi connectivity index (χ0n) is 12.3. The van der Waals surface area contributed by atoms with Gasteiger partial charge in [-0.2, -0.15) is 0 Å². The summed E-state index contributed by atoms with van der Waals surface area (Å²) in [5.74, 6) is -0.154. The smallest absolute Gasteiger partial charge is 0.270 e. The van der Waals surface area contributed by atoms with Crippen molar-refractivity contribution in [1.82, 2.24) is 9.88 Å². The quantitative estimate of drug-likeness (QED) is 0.711. The third kappa shape index (κ3) is 3.52. The largest absolute Gasteiger partial charge is 0.356 e. The second kappa shape index (κ2) is 6.52. The van der Waals surface area contributed by atoms with Gasteiger partial charge < -0.3 is 9.88 Å². The highest BCUT2D eigenvalue weighted by Crippen LogP contribution is 2.22. The number of carbonyl (C=O) groups is 1. The highest BCUT2D eigenvalue weighted by Gasteiger charge is 2.24. The van der Waals surface area contributed by atoms with Crippen LogP contribution in [0.4, 0.5) is 5.69 Å². The molecule has 1 aliphatic heterocycles. The van der Waals surface area contributed by atoms with Crippen molar-refractivity contribution in [1.29, 1.82) is 0 Å². The number of rotatable bonds is 4. The zero-order chi connectivity index (χ0) is 16.4. The number of H-pyrrole nitrogens is 1. The molecule has 6 nitrogen and oxygen atoms in total. The summed E-state index contributed by atoms with van der Waals surface area (Å²) in [5, 5.41) is 0. The van der Waals surface area contributed by atoms with Crippen LogP contribution in [0.5, 0.6) is 0 Å². The average Bonchev–Trinajstić information content (AvgIpc) is 3.20. The van der Waals surface area contributed by atoms with E-state index in [-0.39, 0.29) is 10.8 Å². The van der Waals surface area contributed by atoms with Gasteiger partial charge >= 0.3 is 0 Å². The molecule has 0 spiro atoms. The van der Waals surface area contributed by atoms with Crippen molar-refractivity contribution >= 4 is 44.2 Å². The van der Waals surface area contributed by atoms with Gasteiger partial charge in [0.1, 0.15) is 10.6 Å². The summed E-state index contributed by atoms with van der Waals surface area (Å²) < 4.78 is 28.3. The van der Waals surface area contributed by atoms with Crippen molar-refractivity contribution in [3.8, 4) is 0 Å². The van der Waals surface area contributed by atoms with Crippen LogP contribution in [-0.2, 0) is 10.0 Å². The maximum atomic E-state index is 12.5. The molecule has 2 aromatic rings. The number of para-hydroxylation sites is 1. The van der Waals surface area contributed by atoms with Gasteiger partial charge in [0.2, 0.25) is 0 Å². The van der Waals surface area contributed by atoms with Crippen molar-refractivity contribution in [3.05, 3.63) is 45.8 Å². The molecular weight excluding hydrogens is 429 g/mol. The van der Waals surface area contributed by atoms with Crippen molar-refractivity contribution in [2.45, 2.75) is 17.7 Å². The normalized spacial score (nSPS) is 14.9. The van der Waals surface area contributed by atoms with Crippen LogP contribution in [0.3, 0.4) is 0 Å². The molecule has 1 amide bonds. The number of nitrogens with one attached hydrogen (secondary N) is 2. The molecule has 0 unspecified atom stereocenters. The lowest BCUT2D eigenvalue weighted by Gasteiger charge is -2.13. The minimum atomic E-state index is -3.73. The molecule has 1 aliphatic rings. The Hall–Kier alpha value is -1.55. The van der Waals surface area contributed by atoms with E-state index in [0.29, 0.717) is 11.4 Å². The van der Waals surface area contributed by atoms with Gasteiger partial charge in [-0.15, -0.1) is 0 Å². The van der Waals surface area contributed by atoms with Gasteiger partial charge in [0.15, 0.2) is 0 Å². The first kappa shape index (κ1) is 16.3. The summed E-state index contributed by atoms with van der Waals surface area (Å²) in [4.78, 5) is 16.8. The predicted octanol–water partition coefficient (Wildman–Crippen LogP) is 2.66. The van der Waals surface area contributed by atoms with E-state index in [1.54, 1.807) is 17.0 Å². The number of hydrogen-bond acceptors (Lipinski definition) is 3. The Bertz CT molecular complexity index is 826. The van der Waals surface area contributed by atoms with Crippen LogP contribution in [0.1, 0.15) is 23.3 Å². The predicted molar refractivity (Wildman–Crippen MR) is 95.9 cm³/mol. The fourth-order valence-corrected chi connectivity index (χ4v) is 4.27. The summed E-state index contributed by atoms with van der Waals surface area (Å²) in [6.45, 7) is 1.45. The van der Waals surface area contributed by atoms with E-state index in [1.807, 2.05) is 12.1 Å². The van der Waals surface area contributed by atoms with E-state index >= 15 is 0 Å². The number of likely N-dealkylation sites (tertiary alicyclic amines) is 1. The molecule has 0 aliphatic carbocycles. The van der Waals surface area contributed by atoms with E-state index in [4.69, 9.17) is 0 Å². The third-order valence-electron chi connectivity index (χ3n) is 3.71. The van der Waals surface area contributed by atoms with Gasteiger partial charge in [0, 0.05) is 22.9 Å². The van der Waals surface area contributed by atoms with E-state index in [1.165, 1.54) is 12.3 Å². The summed E-state index contributed by atoms with van der Waals surface area (Å²) >= 11 is 2.07. The van der Waals surface area contributed by atoms with Crippen LogP contribution >= 0.6 is 22.6 Å². The van der Waals surface area contributed by atoms with E-state index in [0.717, 1.165) is 29.5 Å². The van der Waals surface area contributed by atoms with Crippen molar-refractivity contribution in [2.24, 2.45) is 0 Å². The van der Waals surface area contributed by atoms with Crippen LogP contribution in [0, 0.1) is 3.57 Å². The second-order valence-electron chi connectivity index (χ2n) is 5.33. The summed E-state index contributed by atoms with van der Waals surface area (Å²) in [5.41, 5.74) is 0.816. The maximum absolute atomic E-state index is 12.5. The third-order valence-corrected chi connectivity index (χ3v) is 5.99. The maximum Gasteiger partial charge on any atom is 0.270 e. The number of aromatic nitrogens is 1. The van der Waals surface area contributed by atoms with Gasteiger partial charge in [-0.3, -0.25) is 9.52 Å². The SMILES string of the molecule is O=C(c1cc(S(=O)(=O)Nc2ccccc2I)c[nH]1)N1CCCC1. The van der Waals surface area contributed by atoms with Crippen LogP contribution < -0.4 is 4.72 Å². The number of sulfonamides is 1. The molecule has 122 valence electrons. The first-order valence-corrected chi connectivity index (χ1v) is 9.78. The molecule has 23 heavy (non-hydrogen) atoms. The number of hydrogen-bond donors (Lipinski definition) is 2. The lowest BCUT2D eigenvalue weighted by Crippen LogP contribution is -2.27. The van der Waals surface area contributed by atoms with Gasteiger partial charge in [0.25, 0.3) is 15.9 Å². The first-order valence-electron chi connectivity index (χ1n) is 7.22. The molecule has 0 saturated carbocycles. The highest BCUT2D eigenvalue weighted by atomic mass is 127. The van der Waals surface area contributed by atoms with Crippen LogP contribution in [-0.4, -0.2) is 37.3 Å². The molecule has 1 saturated heterocycles. The molecule has 2 N–H and O–H groups in total. The molecule has 1 aromatic heterocycles. The fourth-order valence-electron chi connectivity index (χ4n) is 2.49. The molecule has 0 radical (unpaired) electrons. The van der Waals surface area contributed by atoms with Gasteiger partial charge in [-0.1, -0.05) is 12.1 Å². The first-order chi connectivity index (χ1) is 11.0. The highest BCUT2D eigenvalue weighted by molar-refractivity contribution is 14.1. The fraction of sp³-hybridized carbons (Fsp3) is 0.267. The molecule has 1 aromatic carbocycles. The standard InChI is InChI=1S/C15H16IN3O3S/c16-12-5-1-2-6-13(12)18-23(21,22)11-9-14(17-10-11)15(20)19-7-3-4-8-19/h1-2,5-6,9-10,17-18H,3-4,7-8H2. The van der Waals surface area contributed by atoms with E-state index < -0.39 is 10.0 Å². The minimum absolute atomic E-state index is 0.0553.